The van der Waals surface area contributed by atoms with Crippen LogP contribution in [0.2, 0.25) is 0 Å². The van der Waals surface area contributed by atoms with Crippen LogP contribution in [0.15, 0.2) is 12.1 Å². The van der Waals surface area contributed by atoms with Crippen molar-refractivity contribution in [2.45, 2.75) is 38.9 Å². The van der Waals surface area contributed by atoms with Gasteiger partial charge in [0.05, 0.1) is 23.6 Å². The molecular formula is C15H23FN2O2. The highest BCUT2D eigenvalue weighted by atomic mass is 19.1. The topological polar surface area (TPSA) is 58.7 Å². The third-order valence-electron chi connectivity index (χ3n) is 3.60. The lowest BCUT2D eigenvalue weighted by atomic mass is 9.82. The number of halogens is 1. The lowest BCUT2D eigenvalue weighted by molar-refractivity contribution is 0.0465. The van der Waals surface area contributed by atoms with Gasteiger partial charge in [0.25, 0.3) is 0 Å². The van der Waals surface area contributed by atoms with Gasteiger partial charge in [0.15, 0.2) is 11.6 Å². The fourth-order valence-corrected chi connectivity index (χ4v) is 2.57. The van der Waals surface area contributed by atoms with E-state index in [1.54, 1.807) is 6.07 Å². The van der Waals surface area contributed by atoms with E-state index in [1.165, 1.54) is 6.07 Å². The van der Waals surface area contributed by atoms with Gasteiger partial charge in [0.2, 0.25) is 0 Å². The number of aliphatic hydroxyl groups is 1. The Balaban J connectivity index is 2.13. The number of hydrogen-bond donors (Lipinski definition) is 2. The molecular weight excluding hydrogens is 259 g/mol. The number of aliphatic hydroxyl groups excluding tert-OH is 1. The Hall–Kier alpha value is -1.49. The molecule has 4 nitrogen and oxygen atoms in total. The van der Waals surface area contributed by atoms with Gasteiger partial charge in [-0.1, -0.05) is 0 Å². The number of ether oxygens (including phenoxy) is 1. The minimum atomic E-state index is -0.438. The summed E-state index contributed by atoms with van der Waals surface area (Å²) in [6, 6.07) is 2.96. The quantitative estimate of drug-likeness (QED) is 0.814. The smallest absolute Gasteiger partial charge is 0.167 e. The van der Waals surface area contributed by atoms with Crippen LogP contribution in [-0.2, 0) is 0 Å². The largest absolute Gasteiger partial charge is 0.488 e. The van der Waals surface area contributed by atoms with Crippen molar-refractivity contribution in [2.24, 2.45) is 5.92 Å². The molecule has 0 unspecified atom stereocenters. The number of hydrogen-bond acceptors (Lipinski definition) is 4. The van der Waals surface area contributed by atoms with Gasteiger partial charge < -0.3 is 20.5 Å². The molecule has 1 aromatic carbocycles. The normalized spacial score (nSPS) is 21.7. The van der Waals surface area contributed by atoms with Crippen LogP contribution in [0.25, 0.3) is 0 Å². The van der Waals surface area contributed by atoms with Crippen molar-refractivity contribution in [3.63, 3.8) is 0 Å². The van der Waals surface area contributed by atoms with E-state index in [1.807, 2.05) is 25.8 Å². The molecule has 0 atom stereocenters. The molecule has 0 radical (unpaired) electrons. The minimum Gasteiger partial charge on any atom is -0.488 e. The summed E-state index contributed by atoms with van der Waals surface area (Å²) in [5, 5.41) is 9.32. The number of benzene rings is 1. The second-order valence-corrected chi connectivity index (χ2v) is 5.88. The Kier molecular flexibility index (Phi) is 4.38. The van der Waals surface area contributed by atoms with Gasteiger partial charge in [-0.2, -0.15) is 0 Å². The van der Waals surface area contributed by atoms with Crippen LogP contribution >= 0.6 is 0 Å². The van der Waals surface area contributed by atoms with Crippen molar-refractivity contribution in [3.05, 3.63) is 17.9 Å². The van der Waals surface area contributed by atoms with Crippen molar-refractivity contribution in [1.82, 2.24) is 0 Å². The van der Waals surface area contributed by atoms with Gasteiger partial charge in [-0.3, -0.25) is 0 Å². The van der Waals surface area contributed by atoms with E-state index in [9.17, 15) is 9.50 Å². The van der Waals surface area contributed by atoms with Crippen molar-refractivity contribution < 1.29 is 14.2 Å². The summed E-state index contributed by atoms with van der Waals surface area (Å²) in [5.74, 6) is 0.256. The van der Waals surface area contributed by atoms with Crippen LogP contribution in [-0.4, -0.2) is 30.9 Å². The molecule has 2 rings (SSSR count). The Labute approximate surface area is 119 Å². The first-order valence-electron chi connectivity index (χ1n) is 7.01. The van der Waals surface area contributed by atoms with Crippen LogP contribution in [0.3, 0.4) is 0 Å². The van der Waals surface area contributed by atoms with Gasteiger partial charge in [-0.15, -0.1) is 0 Å². The van der Waals surface area contributed by atoms with E-state index in [-0.39, 0.29) is 18.0 Å². The predicted octanol–water partition coefficient (Wildman–Crippen LogP) is 2.40. The molecule has 112 valence electrons. The zero-order valence-electron chi connectivity index (χ0n) is 12.3. The van der Waals surface area contributed by atoms with E-state index in [0.717, 1.165) is 25.1 Å². The first kappa shape index (κ1) is 14.9. The number of nitrogen functional groups attached to an aromatic ring is 1. The van der Waals surface area contributed by atoms with Crippen molar-refractivity contribution >= 4 is 11.4 Å². The van der Waals surface area contributed by atoms with Crippen molar-refractivity contribution in [1.29, 1.82) is 0 Å². The molecule has 1 saturated carbocycles. The van der Waals surface area contributed by atoms with E-state index in [4.69, 9.17) is 10.5 Å². The Morgan fingerprint density at radius 1 is 1.45 bits per heavy atom. The van der Waals surface area contributed by atoms with Crippen LogP contribution in [0.4, 0.5) is 15.8 Å². The van der Waals surface area contributed by atoms with Crippen molar-refractivity contribution in [2.75, 3.05) is 24.2 Å². The molecule has 1 aliphatic rings. The molecule has 0 saturated heterocycles. The third kappa shape index (κ3) is 3.33. The highest BCUT2D eigenvalue weighted by Crippen LogP contribution is 2.34. The molecule has 0 bridgehead atoms. The molecule has 1 aliphatic carbocycles. The van der Waals surface area contributed by atoms with Crippen molar-refractivity contribution in [3.8, 4) is 5.75 Å². The van der Waals surface area contributed by atoms with Gasteiger partial charge in [-0.05, 0) is 32.6 Å². The molecule has 0 spiro atoms. The summed E-state index contributed by atoms with van der Waals surface area (Å²) in [6.45, 7) is 4.51. The lowest BCUT2D eigenvalue weighted by Gasteiger charge is -2.35. The Morgan fingerprint density at radius 3 is 2.65 bits per heavy atom. The standard InChI is InChI=1S/C15H23FN2O2/c1-9(2)20-15-7-14(13(17)6-12(15)16)18(3)8-10-4-11(19)5-10/h6-7,9-11,19H,4-5,8,17H2,1-3H3. The van der Waals surface area contributed by atoms with Gasteiger partial charge in [0, 0.05) is 25.7 Å². The highest BCUT2D eigenvalue weighted by molar-refractivity contribution is 5.69. The van der Waals surface area contributed by atoms with E-state index >= 15 is 0 Å². The Bertz CT molecular complexity index is 473. The fraction of sp³-hybridized carbons (Fsp3) is 0.600. The van der Waals surface area contributed by atoms with Crippen LogP contribution in [0.5, 0.6) is 5.75 Å². The average Bonchev–Trinajstić information content (AvgIpc) is 2.30. The number of anilines is 2. The average molecular weight is 282 g/mol. The highest BCUT2D eigenvalue weighted by Gasteiger charge is 2.28. The number of nitrogens with two attached hydrogens (primary N) is 1. The van der Waals surface area contributed by atoms with Gasteiger partial charge in [0.1, 0.15) is 0 Å². The molecule has 1 aromatic rings. The summed E-state index contributed by atoms with van der Waals surface area (Å²) in [7, 11) is 1.92. The second-order valence-electron chi connectivity index (χ2n) is 5.88. The first-order chi connectivity index (χ1) is 9.36. The third-order valence-corrected chi connectivity index (χ3v) is 3.60. The predicted molar refractivity (Wildman–Crippen MR) is 78.6 cm³/mol. The van der Waals surface area contributed by atoms with E-state index in [0.29, 0.717) is 11.6 Å². The lowest BCUT2D eigenvalue weighted by Crippen LogP contribution is -2.37. The van der Waals surface area contributed by atoms with Gasteiger partial charge >= 0.3 is 0 Å². The monoisotopic (exact) mass is 282 g/mol. The molecule has 0 aliphatic heterocycles. The van der Waals surface area contributed by atoms with Gasteiger partial charge in [-0.25, -0.2) is 4.39 Å². The van der Waals surface area contributed by atoms with Crippen LogP contribution in [0, 0.1) is 11.7 Å². The maximum atomic E-state index is 13.8. The molecule has 3 N–H and O–H groups in total. The Morgan fingerprint density at radius 2 is 2.10 bits per heavy atom. The maximum absolute atomic E-state index is 13.8. The summed E-state index contributed by atoms with van der Waals surface area (Å²) in [6.07, 6.45) is 1.38. The molecule has 0 amide bonds. The number of rotatable bonds is 5. The summed E-state index contributed by atoms with van der Waals surface area (Å²) < 4.78 is 19.2. The zero-order valence-corrected chi connectivity index (χ0v) is 12.3. The summed E-state index contributed by atoms with van der Waals surface area (Å²) in [4.78, 5) is 2.00. The molecule has 0 heterocycles. The zero-order chi connectivity index (χ0) is 14.9. The minimum absolute atomic E-state index is 0.0898. The molecule has 0 aromatic heterocycles. The second kappa shape index (κ2) is 5.87. The first-order valence-corrected chi connectivity index (χ1v) is 7.01. The summed E-state index contributed by atoms with van der Waals surface area (Å²) in [5.41, 5.74) is 7.07. The number of nitrogens with zero attached hydrogens (tertiary/aromatic N) is 1. The van der Waals surface area contributed by atoms with E-state index in [2.05, 4.69) is 0 Å². The maximum Gasteiger partial charge on any atom is 0.167 e. The molecule has 5 heteroatoms. The van der Waals surface area contributed by atoms with Crippen LogP contribution < -0.4 is 15.4 Å². The fourth-order valence-electron chi connectivity index (χ4n) is 2.57. The molecule has 20 heavy (non-hydrogen) atoms. The molecule has 1 fully saturated rings. The van der Waals surface area contributed by atoms with Crippen LogP contribution in [0.1, 0.15) is 26.7 Å². The summed E-state index contributed by atoms with van der Waals surface area (Å²) >= 11 is 0. The SMILES string of the molecule is CC(C)Oc1cc(N(C)CC2CC(O)C2)c(N)cc1F. The van der Waals surface area contributed by atoms with E-state index < -0.39 is 5.82 Å².